The summed E-state index contributed by atoms with van der Waals surface area (Å²) in [4.78, 5) is 28.2. The lowest BCUT2D eigenvalue weighted by Gasteiger charge is -2.08. The van der Waals surface area contributed by atoms with Crippen LogP contribution in [0.3, 0.4) is 0 Å². The largest absolute Gasteiger partial charge is 0.460 e. The van der Waals surface area contributed by atoms with Crippen molar-refractivity contribution in [2.24, 2.45) is 10.2 Å². The third-order valence-electron chi connectivity index (χ3n) is 4.03. The fourth-order valence-electron chi connectivity index (χ4n) is 2.58. The number of azo groups is 1. The van der Waals surface area contributed by atoms with Crippen molar-refractivity contribution in [1.29, 1.82) is 0 Å². The van der Waals surface area contributed by atoms with E-state index in [2.05, 4.69) is 32.4 Å². The predicted octanol–water partition coefficient (Wildman–Crippen LogP) is 4.36. The van der Waals surface area contributed by atoms with E-state index in [1.165, 1.54) is 6.07 Å². The highest BCUT2D eigenvalue weighted by molar-refractivity contribution is 5.99. The molecular formula is C23H22N6O3. The summed E-state index contributed by atoms with van der Waals surface area (Å²) >= 11 is 0. The standard InChI is InChI=1S/C23H22N6O3/c1-15(2)32-19-11-7-6-10-17(19)28-29-18-12-13-20(27-22(18)24)26-21(30)14-25-23(31)16-8-4-3-5-9-16/h3-13H,1,14H2,2H3,(H,25,31)(H3,24,26,27,30). The molecule has 0 aliphatic heterocycles. The minimum absolute atomic E-state index is 0.0816. The SMILES string of the molecule is C=C(C)Oc1ccccc1N=Nc1ccc(NC(=O)CNC(=O)c2ccccc2)nc1N. The van der Waals surface area contributed by atoms with Crippen molar-refractivity contribution >= 4 is 34.8 Å². The van der Waals surface area contributed by atoms with Gasteiger partial charge in [0, 0.05) is 5.56 Å². The number of allylic oxidation sites excluding steroid dienone is 1. The molecule has 2 aromatic carbocycles. The highest BCUT2D eigenvalue weighted by atomic mass is 16.5. The minimum Gasteiger partial charge on any atom is -0.460 e. The summed E-state index contributed by atoms with van der Waals surface area (Å²) in [5.41, 5.74) is 7.24. The molecule has 0 spiro atoms. The van der Waals surface area contributed by atoms with Crippen LogP contribution in [0, 0.1) is 0 Å². The van der Waals surface area contributed by atoms with Crippen LogP contribution < -0.4 is 21.1 Å². The number of carbonyl (C=O) groups is 2. The Hall–Kier alpha value is -4.53. The zero-order valence-corrected chi connectivity index (χ0v) is 17.4. The summed E-state index contributed by atoms with van der Waals surface area (Å²) in [7, 11) is 0. The first-order valence-electron chi connectivity index (χ1n) is 9.66. The fraction of sp³-hybridized carbons (Fsp3) is 0.0870. The molecule has 0 saturated heterocycles. The Morgan fingerprint density at radius 1 is 1.00 bits per heavy atom. The molecular weight excluding hydrogens is 408 g/mol. The molecule has 0 aliphatic carbocycles. The van der Waals surface area contributed by atoms with Gasteiger partial charge in [0.2, 0.25) is 5.91 Å². The van der Waals surface area contributed by atoms with Crippen LogP contribution >= 0.6 is 0 Å². The topological polar surface area (TPSA) is 131 Å². The molecule has 3 aromatic rings. The number of para-hydroxylation sites is 1. The lowest BCUT2D eigenvalue weighted by Crippen LogP contribution is -2.33. The molecule has 0 fully saturated rings. The summed E-state index contributed by atoms with van der Waals surface area (Å²) in [6.45, 7) is 5.23. The average Bonchev–Trinajstić information content (AvgIpc) is 2.78. The van der Waals surface area contributed by atoms with E-state index in [1.807, 2.05) is 6.07 Å². The van der Waals surface area contributed by atoms with Crippen LogP contribution in [0.15, 0.2) is 89.3 Å². The monoisotopic (exact) mass is 430 g/mol. The summed E-state index contributed by atoms with van der Waals surface area (Å²) in [5.74, 6) is 0.552. The number of ether oxygens (including phenoxy) is 1. The van der Waals surface area contributed by atoms with E-state index in [0.29, 0.717) is 28.4 Å². The highest BCUT2D eigenvalue weighted by Gasteiger charge is 2.10. The molecule has 162 valence electrons. The second-order valence-electron chi connectivity index (χ2n) is 6.67. The van der Waals surface area contributed by atoms with Gasteiger partial charge in [0.05, 0.1) is 12.3 Å². The molecule has 0 aliphatic rings. The second kappa shape index (κ2) is 10.5. The maximum atomic E-state index is 12.1. The molecule has 9 nitrogen and oxygen atoms in total. The number of hydrogen-bond donors (Lipinski definition) is 3. The third-order valence-corrected chi connectivity index (χ3v) is 4.03. The van der Waals surface area contributed by atoms with E-state index in [-0.39, 0.29) is 24.1 Å². The molecule has 4 N–H and O–H groups in total. The van der Waals surface area contributed by atoms with Gasteiger partial charge in [-0.3, -0.25) is 9.59 Å². The quantitative estimate of drug-likeness (QED) is 0.361. The Kier molecular flexibility index (Phi) is 7.26. The first-order valence-corrected chi connectivity index (χ1v) is 9.66. The number of carbonyl (C=O) groups excluding carboxylic acids is 2. The van der Waals surface area contributed by atoms with Gasteiger partial charge < -0.3 is 21.1 Å². The van der Waals surface area contributed by atoms with Crippen LogP contribution in [0.2, 0.25) is 0 Å². The van der Waals surface area contributed by atoms with E-state index in [0.717, 1.165) is 0 Å². The third kappa shape index (κ3) is 6.23. The van der Waals surface area contributed by atoms with Crippen LogP contribution in [0.4, 0.5) is 23.0 Å². The Morgan fingerprint density at radius 2 is 1.69 bits per heavy atom. The molecule has 0 atom stereocenters. The normalized spacial score (nSPS) is 10.5. The van der Waals surface area contributed by atoms with Crippen molar-refractivity contribution in [3.63, 3.8) is 0 Å². The van der Waals surface area contributed by atoms with Crippen LogP contribution in [-0.2, 0) is 4.79 Å². The average molecular weight is 430 g/mol. The zero-order valence-electron chi connectivity index (χ0n) is 17.4. The van der Waals surface area contributed by atoms with Gasteiger partial charge in [0.1, 0.15) is 17.2 Å². The van der Waals surface area contributed by atoms with E-state index >= 15 is 0 Å². The molecule has 0 radical (unpaired) electrons. The Labute approximate surface area is 185 Å². The van der Waals surface area contributed by atoms with Crippen LogP contribution in [0.5, 0.6) is 5.75 Å². The van der Waals surface area contributed by atoms with E-state index in [9.17, 15) is 9.59 Å². The van der Waals surface area contributed by atoms with Gasteiger partial charge in [-0.2, -0.15) is 0 Å². The van der Waals surface area contributed by atoms with Crippen LogP contribution in [-0.4, -0.2) is 23.3 Å². The number of nitrogens with zero attached hydrogens (tertiary/aromatic N) is 3. The maximum absolute atomic E-state index is 12.1. The lowest BCUT2D eigenvalue weighted by atomic mass is 10.2. The number of rotatable bonds is 8. The van der Waals surface area contributed by atoms with Crippen molar-refractivity contribution in [2.75, 3.05) is 17.6 Å². The number of hydrogen-bond acceptors (Lipinski definition) is 7. The van der Waals surface area contributed by atoms with Crippen LogP contribution in [0.25, 0.3) is 0 Å². The molecule has 9 heteroatoms. The highest BCUT2D eigenvalue weighted by Crippen LogP contribution is 2.31. The number of anilines is 2. The smallest absolute Gasteiger partial charge is 0.251 e. The Morgan fingerprint density at radius 3 is 2.41 bits per heavy atom. The van der Waals surface area contributed by atoms with Crippen molar-refractivity contribution in [2.45, 2.75) is 6.92 Å². The molecule has 0 bridgehead atoms. The van der Waals surface area contributed by atoms with Gasteiger partial charge in [0.15, 0.2) is 11.6 Å². The molecule has 2 amide bonds. The van der Waals surface area contributed by atoms with Crippen molar-refractivity contribution in [3.05, 3.63) is 84.6 Å². The van der Waals surface area contributed by atoms with Crippen molar-refractivity contribution in [3.8, 4) is 5.75 Å². The van der Waals surface area contributed by atoms with Gasteiger partial charge in [-0.25, -0.2) is 4.98 Å². The van der Waals surface area contributed by atoms with E-state index in [4.69, 9.17) is 10.5 Å². The predicted molar refractivity (Wildman–Crippen MR) is 122 cm³/mol. The Balaban J connectivity index is 1.60. The number of amides is 2. The summed E-state index contributed by atoms with van der Waals surface area (Å²) in [5, 5.41) is 13.4. The molecule has 1 aromatic heterocycles. The molecule has 3 rings (SSSR count). The van der Waals surface area contributed by atoms with Gasteiger partial charge in [-0.1, -0.05) is 36.9 Å². The summed E-state index contributed by atoms with van der Waals surface area (Å²) in [6, 6.07) is 18.8. The van der Waals surface area contributed by atoms with Crippen LogP contribution in [0.1, 0.15) is 17.3 Å². The van der Waals surface area contributed by atoms with Gasteiger partial charge in [-0.15, -0.1) is 10.2 Å². The lowest BCUT2D eigenvalue weighted by molar-refractivity contribution is -0.115. The van der Waals surface area contributed by atoms with Crippen molar-refractivity contribution in [1.82, 2.24) is 10.3 Å². The van der Waals surface area contributed by atoms with Gasteiger partial charge in [0.25, 0.3) is 5.91 Å². The zero-order chi connectivity index (χ0) is 22.9. The molecule has 0 unspecified atom stereocenters. The van der Waals surface area contributed by atoms with Gasteiger partial charge in [-0.05, 0) is 43.3 Å². The fourth-order valence-corrected chi connectivity index (χ4v) is 2.58. The number of nitrogen functional groups attached to an aromatic ring is 1. The number of nitrogens with two attached hydrogens (primary N) is 1. The van der Waals surface area contributed by atoms with E-state index < -0.39 is 5.91 Å². The number of pyridine rings is 1. The van der Waals surface area contributed by atoms with Gasteiger partial charge >= 0.3 is 0 Å². The molecule has 1 heterocycles. The van der Waals surface area contributed by atoms with Crippen molar-refractivity contribution < 1.29 is 14.3 Å². The molecule has 0 saturated carbocycles. The number of nitrogens with one attached hydrogen (secondary N) is 2. The maximum Gasteiger partial charge on any atom is 0.251 e. The number of benzene rings is 2. The molecule has 32 heavy (non-hydrogen) atoms. The second-order valence-corrected chi connectivity index (χ2v) is 6.67. The first kappa shape index (κ1) is 22.2. The Bertz CT molecular complexity index is 1160. The summed E-state index contributed by atoms with van der Waals surface area (Å²) in [6.07, 6.45) is 0. The summed E-state index contributed by atoms with van der Waals surface area (Å²) < 4.78 is 5.52. The minimum atomic E-state index is -0.443. The first-order chi connectivity index (χ1) is 15.4. The van der Waals surface area contributed by atoms with E-state index in [1.54, 1.807) is 61.5 Å². The number of aromatic nitrogens is 1.